The number of hydrogen-bond donors (Lipinski definition) is 2. The summed E-state index contributed by atoms with van der Waals surface area (Å²) >= 11 is 0. The third-order valence-electron chi connectivity index (χ3n) is 3.35. The van der Waals surface area contributed by atoms with Crippen LogP contribution in [-0.2, 0) is 9.53 Å². The van der Waals surface area contributed by atoms with E-state index in [0.717, 1.165) is 19.3 Å². The maximum atomic E-state index is 12.1. The Hall–Kier alpha value is -0.650. The lowest BCUT2D eigenvalue weighted by Gasteiger charge is -2.42. The first kappa shape index (κ1) is 13.4. The molecule has 0 bridgehead atoms. The van der Waals surface area contributed by atoms with Crippen LogP contribution in [0.25, 0.3) is 0 Å². The molecule has 1 aliphatic rings. The molecule has 1 amide bonds. The first-order valence-electron chi connectivity index (χ1n) is 5.68. The molecule has 0 aliphatic heterocycles. The summed E-state index contributed by atoms with van der Waals surface area (Å²) in [7, 11) is 3.23. The average molecular weight is 230 g/mol. The zero-order valence-electron chi connectivity index (χ0n) is 10.1. The standard InChI is InChI=1S/C11H22N2O3/c1-13(6-9(14)7-16-2)10(15)11(8-12)4-3-5-11/h9,14H,3-8,12H2,1-2H3. The minimum absolute atomic E-state index is 0.0522. The van der Waals surface area contributed by atoms with Crippen LogP contribution in [0.1, 0.15) is 19.3 Å². The van der Waals surface area contributed by atoms with Gasteiger partial charge in [0.2, 0.25) is 5.91 Å². The monoisotopic (exact) mass is 230 g/mol. The van der Waals surface area contributed by atoms with Gasteiger partial charge in [-0.2, -0.15) is 0 Å². The SMILES string of the molecule is COCC(O)CN(C)C(=O)C1(CN)CCC1. The Morgan fingerprint density at radius 1 is 1.62 bits per heavy atom. The lowest BCUT2D eigenvalue weighted by Crippen LogP contribution is -2.52. The number of carbonyl (C=O) groups is 1. The number of ether oxygens (including phenoxy) is 1. The van der Waals surface area contributed by atoms with Gasteiger partial charge in [-0.15, -0.1) is 0 Å². The van der Waals surface area contributed by atoms with Crippen LogP contribution in [0.3, 0.4) is 0 Å². The molecule has 16 heavy (non-hydrogen) atoms. The van der Waals surface area contributed by atoms with Gasteiger partial charge in [0, 0.05) is 27.2 Å². The molecule has 0 aromatic rings. The highest BCUT2D eigenvalue weighted by Crippen LogP contribution is 2.41. The quantitative estimate of drug-likeness (QED) is 0.650. The second-order valence-electron chi connectivity index (χ2n) is 4.63. The fourth-order valence-corrected chi connectivity index (χ4v) is 2.16. The van der Waals surface area contributed by atoms with Crippen molar-refractivity contribution in [2.75, 3.05) is 33.9 Å². The average Bonchev–Trinajstić information content (AvgIpc) is 2.16. The molecule has 0 spiro atoms. The van der Waals surface area contributed by atoms with Gasteiger partial charge in [0.25, 0.3) is 0 Å². The Morgan fingerprint density at radius 3 is 2.62 bits per heavy atom. The summed E-state index contributed by atoms with van der Waals surface area (Å²) in [6.07, 6.45) is 2.17. The van der Waals surface area contributed by atoms with Crippen molar-refractivity contribution in [3.63, 3.8) is 0 Å². The van der Waals surface area contributed by atoms with Crippen molar-refractivity contribution in [1.29, 1.82) is 0 Å². The summed E-state index contributed by atoms with van der Waals surface area (Å²) in [6, 6.07) is 0. The normalized spacial score (nSPS) is 20.0. The summed E-state index contributed by atoms with van der Waals surface area (Å²) in [6.45, 7) is 0.943. The molecule has 1 fully saturated rings. The van der Waals surface area contributed by atoms with Gasteiger partial charge in [0.15, 0.2) is 0 Å². The van der Waals surface area contributed by atoms with E-state index in [1.54, 1.807) is 11.9 Å². The van der Waals surface area contributed by atoms with Gasteiger partial charge >= 0.3 is 0 Å². The van der Waals surface area contributed by atoms with E-state index in [4.69, 9.17) is 10.5 Å². The zero-order chi connectivity index (χ0) is 12.2. The summed E-state index contributed by atoms with van der Waals surface area (Å²) < 4.78 is 4.82. The van der Waals surface area contributed by atoms with E-state index in [1.165, 1.54) is 7.11 Å². The predicted octanol–water partition coefficient (Wildman–Crippen LogP) is -0.419. The molecule has 1 rings (SSSR count). The number of carbonyl (C=O) groups excluding carboxylic acids is 1. The van der Waals surface area contributed by atoms with E-state index in [-0.39, 0.29) is 17.9 Å². The molecule has 94 valence electrons. The Kier molecular flexibility index (Phi) is 4.70. The second-order valence-corrected chi connectivity index (χ2v) is 4.63. The Bertz CT molecular complexity index is 236. The number of nitrogens with two attached hydrogens (primary N) is 1. The number of aliphatic hydroxyl groups excluding tert-OH is 1. The first-order valence-corrected chi connectivity index (χ1v) is 5.68. The van der Waals surface area contributed by atoms with Gasteiger partial charge in [-0.25, -0.2) is 0 Å². The van der Waals surface area contributed by atoms with Crippen molar-refractivity contribution >= 4 is 5.91 Å². The van der Waals surface area contributed by atoms with Crippen LogP contribution in [0, 0.1) is 5.41 Å². The van der Waals surface area contributed by atoms with Crippen molar-refractivity contribution < 1.29 is 14.6 Å². The van der Waals surface area contributed by atoms with Crippen LogP contribution in [0.2, 0.25) is 0 Å². The molecule has 1 aliphatic carbocycles. The van der Waals surface area contributed by atoms with Gasteiger partial charge < -0.3 is 20.5 Å². The van der Waals surface area contributed by atoms with Gasteiger partial charge in [0.1, 0.15) is 0 Å². The topological polar surface area (TPSA) is 75.8 Å². The summed E-state index contributed by atoms with van der Waals surface area (Å²) in [5, 5.41) is 9.55. The van der Waals surface area contributed by atoms with Crippen LogP contribution in [0.4, 0.5) is 0 Å². The van der Waals surface area contributed by atoms with Crippen molar-refractivity contribution in [2.24, 2.45) is 11.1 Å². The molecular weight excluding hydrogens is 208 g/mol. The number of rotatable bonds is 6. The Balaban J connectivity index is 2.47. The van der Waals surface area contributed by atoms with Crippen LogP contribution < -0.4 is 5.73 Å². The minimum Gasteiger partial charge on any atom is -0.389 e. The number of amides is 1. The molecule has 1 unspecified atom stereocenters. The van der Waals surface area contributed by atoms with Crippen LogP contribution in [0.15, 0.2) is 0 Å². The van der Waals surface area contributed by atoms with Gasteiger partial charge in [0.05, 0.1) is 18.1 Å². The predicted molar refractivity (Wildman–Crippen MR) is 60.9 cm³/mol. The molecule has 1 saturated carbocycles. The molecule has 0 aromatic heterocycles. The number of nitrogens with zero attached hydrogens (tertiary/aromatic N) is 1. The third-order valence-corrected chi connectivity index (χ3v) is 3.35. The molecule has 5 heteroatoms. The second kappa shape index (κ2) is 5.61. The fourth-order valence-electron chi connectivity index (χ4n) is 2.16. The summed E-state index contributed by atoms with van der Waals surface area (Å²) in [5.41, 5.74) is 5.30. The minimum atomic E-state index is -0.631. The highest BCUT2D eigenvalue weighted by molar-refractivity contribution is 5.83. The fraction of sp³-hybridized carbons (Fsp3) is 0.909. The van der Waals surface area contributed by atoms with E-state index in [2.05, 4.69) is 0 Å². The molecule has 3 N–H and O–H groups in total. The molecule has 5 nitrogen and oxygen atoms in total. The Morgan fingerprint density at radius 2 is 2.25 bits per heavy atom. The van der Waals surface area contributed by atoms with Crippen molar-refractivity contribution in [1.82, 2.24) is 4.90 Å². The molecule has 1 atom stereocenters. The number of methoxy groups -OCH3 is 1. The van der Waals surface area contributed by atoms with Crippen molar-refractivity contribution in [2.45, 2.75) is 25.4 Å². The molecule has 0 aromatic carbocycles. The van der Waals surface area contributed by atoms with Gasteiger partial charge in [-0.3, -0.25) is 4.79 Å². The molecular formula is C11H22N2O3. The van der Waals surface area contributed by atoms with Gasteiger partial charge in [-0.1, -0.05) is 6.42 Å². The number of aliphatic hydroxyl groups is 1. The smallest absolute Gasteiger partial charge is 0.229 e. The number of hydrogen-bond acceptors (Lipinski definition) is 4. The van der Waals surface area contributed by atoms with E-state index >= 15 is 0 Å². The van der Waals surface area contributed by atoms with Crippen LogP contribution >= 0.6 is 0 Å². The maximum Gasteiger partial charge on any atom is 0.229 e. The van der Waals surface area contributed by atoms with Crippen LogP contribution in [0.5, 0.6) is 0 Å². The molecule has 0 heterocycles. The van der Waals surface area contributed by atoms with Crippen molar-refractivity contribution in [3.05, 3.63) is 0 Å². The van der Waals surface area contributed by atoms with E-state index in [9.17, 15) is 9.90 Å². The van der Waals surface area contributed by atoms with Crippen LogP contribution in [-0.4, -0.2) is 55.9 Å². The highest BCUT2D eigenvalue weighted by Gasteiger charge is 2.44. The lowest BCUT2D eigenvalue weighted by molar-refractivity contribution is -0.146. The first-order chi connectivity index (χ1) is 7.55. The lowest BCUT2D eigenvalue weighted by atomic mass is 9.68. The zero-order valence-corrected chi connectivity index (χ0v) is 10.1. The molecule has 0 saturated heterocycles. The van der Waals surface area contributed by atoms with E-state index in [1.807, 2.05) is 0 Å². The number of likely N-dealkylation sites (N-methyl/N-ethyl adjacent to an activating group) is 1. The Labute approximate surface area is 96.6 Å². The van der Waals surface area contributed by atoms with Crippen molar-refractivity contribution in [3.8, 4) is 0 Å². The summed E-state index contributed by atoms with van der Waals surface area (Å²) in [5.74, 6) is 0.0522. The van der Waals surface area contributed by atoms with E-state index < -0.39 is 6.10 Å². The van der Waals surface area contributed by atoms with E-state index in [0.29, 0.717) is 13.1 Å². The van der Waals surface area contributed by atoms with Gasteiger partial charge in [-0.05, 0) is 12.8 Å². The largest absolute Gasteiger partial charge is 0.389 e. The third kappa shape index (κ3) is 2.72. The maximum absolute atomic E-state index is 12.1. The molecule has 0 radical (unpaired) electrons. The summed E-state index contributed by atoms with van der Waals surface area (Å²) in [4.78, 5) is 13.7. The highest BCUT2D eigenvalue weighted by atomic mass is 16.5.